The van der Waals surface area contributed by atoms with Crippen molar-refractivity contribution in [3.8, 4) is 0 Å². The minimum Gasteiger partial charge on any atom is -0.381 e. The van der Waals surface area contributed by atoms with E-state index in [1.54, 1.807) is 13.4 Å². The smallest absolute Gasteiger partial charge is 0.251 e. The summed E-state index contributed by atoms with van der Waals surface area (Å²) in [5, 5.41) is 3.19. The van der Waals surface area contributed by atoms with Crippen LogP contribution in [0.2, 0.25) is 0 Å². The Morgan fingerprint density at radius 3 is 2.91 bits per heavy atom. The molecule has 0 saturated heterocycles. The molecule has 1 saturated carbocycles. The third-order valence-electron chi connectivity index (χ3n) is 5.37. The number of fused-ring (bicyclic) bond motifs is 1. The van der Waals surface area contributed by atoms with Crippen LogP contribution in [0.25, 0.3) is 11.0 Å². The number of aromatic amines is 1. The summed E-state index contributed by atoms with van der Waals surface area (Å²) in [6.45, 7) is 4.34. The first kappa shape index (κ1) is 15.0. The van der Waals surface area contributed by atoms with E-state index in [9.17, 15) is 4.79 Å². The maximum Gasteiger partial charge on any atom is 0.251 e. The molecule has 0 bridgehead atoms. The topological polar surface area (TPSA) is 67.0 Å². The van der Waals surface area contributed by atoms with Gasteiger partial charge in [0.2, 0.25) is 0 Å². The fourth-order valence-electron chi connectivity index (χ4n) is 3.80. The van der Waals surface area contributed by atoms with E-state index < -0.39 is 0 Å². The lowest BCUT2D eigenvalue weighted by Crippen LogP contribution is -2.64. The molecule has 5 nitrogen and oxygen atoms in total. The molecule has 1 aliphatic rings. The number of amides is 1. The molecular weight excluding hydrogens is 278 g/mol. The maximum absolute atomic E-state index is 12.5. The van der Waals surface area contributed by atoms with E-state index in [-0.39, 0.29) is 23.5 Å². The number of imidazole rings is 1. The van der Waals surface area contributed by atoms with E-state index in [1.807, 2.05) is 18.2 Å². The molecule has 5 heteroatoms. The molecule has 2 aromatic rings. The third kappa shape index (κ3) is 2.20. The molecule has 118 valence electrons. The van der Waals surface area contributed by atoms with Crippen LogP contribution in [-0.4, -0.2) is 35.1 Å². The molecule has 3 rings (SSSR count). The first-order valence-corrected chi connectivity index (χ1v) is 7.91. The Morgan fingerprint density at radius 1 is 1.45 bits per heavy atom. The second kappa shape index (κ2) is 5.72. The highest BCUT2D eigenvalue weighted by molar-refractivity contribution is 5.97. The largest absolute Gasteiger partial charge is 0.381 e. The molecule has 1 amide bonds. The van der Waals surface area contributed by atoms with Gasteiger partial charge in [0.1, 0.15) is 0 Å². The van der Waals surface area contributed by atoms with E-state index in [1.165, 1.54) is 0 Å². The molecule has 0 aliphatic heterocycles. The normalized spacial score (nSPS) is 23.2. The first-order chi connectivity index (χ1) is 10.6. The quantitative estimate of drug-likeness (QED) is 0.892. The van der Waals surface area contributed by atoms with Gasteiger partial charge in [0.25, 0.3) is 5.91 Å². The van der Waals surface area contributed by atoms with Crippen molar-refractivity contribution in [2.24, 2.45) is 5.41 Å². The van der Waals surface area contributed by atoms with Crippen LogP contribution < -0.4 is 5.32 Å². The highest BCUT2D eigenvalue weighted by Crippen LogP contribution is 2.48. The average molecular weight is 301 g/mol. The predicted molar refractivity (Wildman–Crippen MR) is 85.8 cm³/mol. The van der Waals surface area contributed by atoms with Crippen LogP contribution >= 0.6 is 0 Å². The molecule has 0 radical (unpaired) electrons. The molecule has 0 unspecified atom stereocenters. The summed E-state index contributed by atoms with van der Waals surface area (Å²) in [6.07, 6.45) is 4.78. The lowest BCUT2D eigenvalue weighted by atomic mass is 9.58. The number of benzene rings is 1. The lowest BCUT2D eigenvalue weighted by molar-refractivity contribution is -0.120. The zero-order chi connectivity index (χ0) is 15.7. The summed E-state index contributed by atoms with van der Waals surface area (Å²) in [5.41, 5.74) is 2.48. The van der Waals surface area contributed by atoms with Crippen LogP contribution in [0.3, 0.4) is 0 Å². The van der Waals surface area contributed by atoms with E-state index >= 15 is 0 Å². The summed E-state index contributed by atoms with van der Waals surface area (Å²) in [7, 11) is 1.76. The Bertz CT molecular complexity index is 675. The molecule has 2 atom stereocenters. The fourth-order valence-corrected chi connectivity index (χ4v) is 3.80. The molecule has 2 N–H and O–H groups in total. The molecule has 22 heavy (non-hydrogen) atoms. The van der Waals surface area contributed by atoms with Gasteiger partial charge in [0.05, 0.1) is 23.5 Å². The number of carbonyl (C=O) groups is 1. The van der Waals surface area contributed by atoms with Crippen molar-refractivity contribution in [2.75, 3.05) is 7.11 Å². The van der Waals surface area contributed by atoms with Gasteiger partial charge in [-0.2, -0.15) is 0 Å². The van der Waals surface area contributed by atoms with E-state index in [2.05, 4.69) is 29.1 Å². The number of nitrogens with zero attached hydrogens (tertiary/aromatic N) is 1. The summed E-state index contributed by atoms with van der Waals surface area (Å²) in [6, 6.07) is 5.72. The number of nitrogens with one attached hydrogen (secondary N) is 2. The van der Waals surface area contributed by atoms with Crippen molar-refractivity contribution < 1.29 is 9.53 Å². The van der Waals surface area contributed by atoms with Gasteiger partial charge in [0.15, 0.2) is 0 Å². The number of ether oxygens (including phenoxy) is 1. The molecular formula is C17H23N3O2. The number of carbonyl (C=O) groups excluding carboxylic acids is 1. The van der Waals surface area contributed by atoms with Crippen LogP contribution in [0, 0.1) is 5.41 Å². The second-order valence-electron chi connectivity index (χ2n) is 6.06. The second-order valence-corrected chi connectivity index (χ2v) is 6.06. The van der Waals surface area contributed by atoms with E-state index in [0.29, 0.717) is 5.56 Å². The monoisotopic (exact) mass is 301 g/mol. The van der Waals surface area contributed by atoms with Crippen molar-refractivity contribution in [3.05, 3.63) is 30.1 Å². The zero-order valence-corrected chi connectivity index (χ0v) is 13.3. The standard InChI is InChI=1S/C17H23N3O2/c1-4-17(5-2)14(9-15(17)22-3)20-16(21)11-6-7-12-13(8-11)19-10-18-12/h6-8,10,14-15H,4-5,9H2,1-3H3,(H,18,19)(H,20,21)/t14-,15+/m0/s1. The summed E-state index contributed by atoms with van der Waals surface area (Å²) in [5.74, 6) is -0.0256. The van der Waals surface area contributed by atoms with Crippen LogP contribution in [0.1, 0.15) is 43.5 Å². The average Bonchev–Trinajstić information content (AvgIpc) is 2.99. The Labute approximate surface area is 130 Å². The fraction of sp³-hybridized carbons (Fsp3) is 0.529. The Hall–Kier alpha value is -1.88. The van der Waals surface area contributed by atoms with Gasteiger partial charge in [0, 0.05) is 24.1 Å². The van der Waals surface area contributed by atoms with Crippen molar-refractivity contribution in [1.82, 2.24) is 15.3 Å². The molecule has 1 aromatic carbocycles. The number of methoxy groups -OCH3 is 1. The number of H-pyrrole nitrogens is 1. The van der Waals surface area contributed by atoms with Gasteiger partial charge in [-0.3, -0.25) is 4.79 Å². The Balaban J connectivity index is 1.76. The van der Waals surface area contributed by atoms with Crippen molar-refractivity contribution in [3.63, 3.8) is 0 Å². The number of rotatable bonds is 5. The Morgan fingerprint density at radius 2 is 2.23 bits per heavy atom. The highest BCUT2D eigenvalue weighted by Gasteiger charge is 2.53. The molecule has 1 heterocycles. The van der Waals surface area contributed by atoms with Gasteiger partial charge in [-0.1, -0.05) is 13.8 Å². The summed E-state index contributed by atoms with van der Waals surface area (Å²) in [4.78, 5) is 19.8. The predicted octanol–water partition coefficient (Wildman–Crippen LogP) is 2.89. The van der Waals surface area contributed by atoms with Gasteiger partial charge in [-0.15, -0.1) is 0 Å². The molecule has 1 aromatic heterocycles. The van der Waals surface area contributed by atoms with Crippen LogP contribution in [0.15, 0.2) is 24.5 Å². The Kier molecular flexibility index (Phi) is 3.91. The van der Waals surface area contributed by atoms with Crippen molar-refractivity contribution in [1.29, 1.82) is 0 Å². The van der Waals surface area contributed by atoms with Crippen molar-refractivity contribution >= 4 is 16.9 Å². The number of hydrogen-bond donors (Lipinski definition) is 2. The number of hydrogen-bond acceptors (Lipinski definition) is 3. The lowest BCUT2D eigenvalue weighted by Gasteiger charge is -2.55. The molecule has 1 fully saturated rings. The van der Waals surface area contributed by atoms with Gasteiger partial charge < -0.3 is 15.0 Å². The minimum absolute atomic E-state index is 0.0256. The third-order valence-corrected chi connectivity index (χ3v) is 5.37. The molecule has 1 aliphatic carbocycles. The van der Waals surface area contributed by atoms with Gasteiger partial charge in [-0.25, -0.2) is 4.98 Å². The van der Waals surface area contributed by atoms with Crippen LogP contribution in [-0.2, 0) is 4.74 Å². The van der Waals surface area contributed by atoms with Crippen LogP contribution in [0.4, 0.5) is 0 Å². The molecule has 0 spiro atoms. The zero-order valence-electron chi connectivity index (χ0n) is 13.3. The van der Waals surface area contributed by atoms with Crippen LogP contribution in [0.5, 0.6) is 0 Å². The summed E-state index contributed by atoms with van der Waals surface area (Å²) < 4.78 is 5.58. The minimum atomic E-state index is -0.0256. The first-order valence-electron chi connectivity index (χ1n) is 7.91. The van der Waals surface area contributed by atoms with Crippen molar-refractivity contribution in [2.45, 2.75) is 45.3 Å². The number of aromatic nitrogens is 2. The van der Waals surface area contributed by atoms with Gasteiger partial charge >= 0.3 is 0 Å². The maximum atomic E-state index is 12.5. The summed E-state index contributed by atoms with van der Waals surface area (Å²) >= 11 is 0. The highest BCUT2D eigenvalue weighted by atomic mass is 16.5. The van der Waals surface area contributed by atoms with E-state index in [0.717, 1.165) is 30.3 Å². The van der Waals surface area contributed by atoms with Gasteiger partial charge in [-0.05, 0) is 37.5 Å². The SMILES string of the molecule is CCC1(CC)[C@@H](NC(=O)c2ccc3nc[nH]c3c2)C[C@H]1OC. The van der Waals surface area contributed by atoms with E-state index in [4.69, 9.17) is 4.74 Å².